The molecule has 2 aliphatic rings. The second-order valence-electron chi connectivity index (χ2n) is 9.40. The van der Waals surface area contributed by atoms with Crippen LogP contribution in [-0.4, -0.2) is 39.6 Å². The highest BCUT2D eigenvalue weighted by molar-refractivity contribution is 5.87. The maximum Gasteiger partial charge on any atom is 0.330 e. The molecule has 0 bridgehead atoms. The molecule has 8 heteroatoms. The highest BCUT2D eigenvalue weighted by Crippen LogP contribution is 2.55. The largest absolute Gasteiger partial charge is 0.550 e. The van der Waals surface area contributed by atoms with Gasteiger partial charge in [-0.2, -0.15) is 0 Å². The van der Waals surface area contributed by atoms with Crippen LogP contribution in [0.4, 0.5) is 0 Å². The van der Waals surface area contributed by atoms with Crippen molar-refractivity contribution >= 4 is 18.0 Å². The number of ether oxygens (including phenoxy) is 5. The number of hydrogen-bond donors (Lipinski definition) is 0. The summed E-state index contributed by atoms with van der Waals surface area (Å²) in [6, 6.07) is 16.6. The van der Waals surface area contributed by atoms with Crippen LogP contribution < -0.4 is 24.1 Å². The van der Waals surface area contributed by atoms with Crippen molar-refractivity contribution in [3.8, 4) is 23.0 Å². The van der Waals surface area contributed by atoms with Crippen LogP contribution in [0.15, 0.2) is 60.7 Å². The molecule has 0 radical (unpaired) electrons. The molecular formula is C31H29O8-. The number of aliphatic carboxylic acids is 1. The van der Waals surface area contributed by atoms with Crippen LogP contribution in [0.25, 0.3) is 6.08 Å². The summed E-state index contributed by atoms with van der Waals surface area (Å²) in [5.74, 6) is -1.38. The first-order chi connectivity index (χ1) is 18.9. The molecule has 0 saturated carbocycles. The summed E-state index contributed by atoms with van der Waals surface area (Å²) in [4.78, 5) is 24.9. The van der Waals surface area contributed by atoms with E-state index in [2.05, 4.69) is 0 Å². The fourth-order valence-electron chi connectivity index (χ4n) is 5.45. The van der Waals surface area contributed by atoms with E-state index in [1.807, 2.05) is 43.3 Å². The third kappa shape index (κ3) is 5.02. The van der Waals surface area contributed by atoms with Crippen LogP contribution in [-0.2, 0) is 14.3 Å². The normalized spacial score (nSPS) is 19.1. The lowest BCUT2D eigenvalue weighted by Gasteiger charge is -2.28. The summed E-state index contributed by atoms with van der Waals surface area (Å²) < 4.78 is 27.2. The van der Waals surface area contributed by atoms with E-state index in [0.29, 0.717) is 40.7 Å². The van der Waals surface area contributed by atoms with Gasteiger partial charge in [0.25, 0.3) is 0 Å². The van der Waals surface area contributed by atoms with Gasteiger partial charge in [0.05, 0.1) is 20.8 Å². The Morgan fingerprint density at radius 3 is 2.44 bits per heavy atom. The molecule has 39 heavy (non-hydrogen) atoms. The third-order valence-corrected chi connectivity index (χ3v) is 7.18. The Bertz CT molecular complexity index is 1430. The number of carboxylic acids is 1. The lowest BCUT2D eigenvalue weighted by molar-refractivity contribution is -0.312. The van der Waals surface area contributed by atoms with Gasteiger partial charge in [-0.1, -0.05) is 25.1 Å². The van der Waals surface area contributed by atoms with E-state index < -0.39 is 29.7 Å². The second-order valence-corrected chi connectivity index (χ2v) is 9.40. The lowest BCUT2D eigenvalue weighted by Crippen LogP contribution is -2.36. The molecular weight excluding hydrogens is 500 g/mol. The van der Waals surface area contributed by atoms with Crippen molar-refractivity contribution in [1.82, 2.24) is 0 Å². The Hall–Kier alpha value is -4.46. The third-order valence-electron chi connectivity index (χ3n) is 7.18. The van der Waals surface area contributed by atoms with Crippen LogP contribution in [0, 0.1) is 5.92 Å². The van der Waals surface area contributed by atoms with Gasteiger partial charge in [0.1, 0.15) is 11.5 Å². The molecule has 1 heterocycles. The fourth-order valence-corrected chi connectivity index (χ4v) is 5.45. The predicted molar refractivity (Wildman–Crippen MR) is 141 cm³/mol. The highest BCUT2D eigenvalue weighted by atomic mass is 16.7. The molecule has 0 aromatic heterocycles. The van der Waals surface area contributed by atoms with Gasteiger partial charge in [0.15, 0.2) is 11.5 Å². The standard InChI is InChI=1S/C31H30O8/c1-4-13-37-21-8-10-23-24(16-21)29(22-9-7-20(35-2)14-18(22)6-12-27(32)36-3)30(31(33)34)28(23)19-5-11-25-26(15-19)39-17-38-25/h5-12,14-16,28-30H,4,13,17H2,1-3H3,(H,33,34)/p-1/b12-6+. The van der Waals surface area contributed by atoms with Gasteiger partial charge in [-0.15, -0.1) is 0 Å². The molecule has 1 aliphatic heterocycles. The van der Waals surface area contributed by atoms with Crippen LogP contribution >= 0.6 is 0 Å². The lowest BCUT2D eigenvalue weighted by atomic mass is 9.78. The number of carboxylic acid groups (broad SMARTS) is 1. The Morgan fingerprint density at radius 2 is 1.69 bits per heavy atom. The van der Waals surface area contributed by atoms with Crippen LogP contribution in [0.1, 0.15) is 53.0 Å². The molecule has 0 saturated heterocycles. The molecule has 5 rings (SSSR count). The van der Waals surface area contributed by atoms with E-state index in [4.69, 9.17) is 23.7 Å². The van der Waals surface area contributed by atoms with Crippen molar-refractivity contribution in [3.63, 3.8) is 0 Å². The first-order valence-corrected chi connectivity index (χ1v) is 12.8. The smallest absolute Gasteiger partial charge is 0.330 e. The number of esters is 1. The zero-order valence-electron chi connectivity index (χ0n) is 22.0. The van der Waals surface area contributed by atoms with E-state index >= 15 is 0 Å². The molecule has 0 N–H and O–H groups in total. The van der Waals surface area contributed by atoms with E-state index in [1.54, 1.807) is 31.4 Å². The molecule has 3 aromatic carbocycles. The molecule has 3 aromatic rings. The number of hydrogen-bond acceptors (Lipinski definition) is 8. The zero-order chi connectivity index (χ0) is 27.5. The molecule has 0 fully saturated rings. The monoisotopic (exact) mass is 529 g/mol. The molecule has 0 amide bonds. The number of benzene rings is 3. The minimum absolute atomic E-state index is 0.118. The van der Waals surface area contributed by atoms with Crippen molar-refractivity contribution in [3.05, 3.63) is 88.5 Å². The predicted octanol–water partition coefficient (Wildman–Crippen LogP) is 4.04. The van der Waals surface area contributed by atoms with Crippen LogP contribution in [0.5, 0.6) is 23.0 Å². The Kier molecular flexibility index (Phi) is 7.45. The topological polar surface area (TPSA) is 103 Å². The number of carbonyl (C=O) groups excluding carboxylic acids is 2. The average molecular weight is 530 g/mol. The molecule has 202 valence electrons. The first kappa shape index (κ1) is 26.2. The van der Waals surface area contributed by atoms with Crippen molar-refractivity contribution in [2.45, 2.75) is 25.2 Å². The van der Waals surface area contributed by atoms with Crippen LogP contribution in [0.2, 0.25) is 0 Å². The van der Waals surface area contributed by atoms with Gasteiger partial charge in [0.2, 0.25) is 6.79 Å². The summed E-state index contributed by atoms with van der Waals surface area (Å²) in [6.45, 7) is 2.68. The second kappa shape index (κ2) is 11.1. The number of methoxy groups -OCH3 is 2. The van der Waals surface area contributed by atoms with Crippen molar-refractivity contribution < 1.29 is 38.4 Å². The van der Waals surface area contributed by atoms with E-state index in [-0.39, 0.29) is 6.79 Å². The minimum Gasteiger partial charge on any atom is -0.550 e. The Morgan fingerprint density at radius 1 is 0.923 bits per heavy atom. The van der Waals surface area contributed by atoms with Crippen molar-refractivity contribution in [2.75, 3.05) is 27.6 Å². The fraction of sp³-hybridized carbons (Fsp3) is 0.290. The summed E-state index contributed by atoms with van der Waals surface area (Å²) >= 11 is 0. The van der Waals surface area contributed by atoms with Gasteiger partial charge in [-0.05, 0) is 76.7 Å². The molecule has 8 nitrogen and oxygen atoms in total. The molecule has 3 atom stereocenters. The van der Waals surface area contributed by atoms with Gasteiger partial charge in [0, 0.05) is 29.8 Å². The quantitative estimate of drug-likeness (QED) is 0.302. The van der Waals surface area contributed by atoms with E-state index in [0.717, 1.165) is 23.1 Å². The summed E-state index contributed by atoms with van der Waals surface area (Å²) in [5.41, 5.74) is 3.80. The van der Waals surface area contributed by atoms with Crippen molar-refractivity contribution in [1.29, 1.82) is 0 Å². The molecule has 0 spiro atoms. The maximum absolute atomic E-state index is 13.0. The van der Waals surface area contributed by atoms with E-state index in [9.17, 15) is 14.7 Å². The highest BCUT2D eigenvalue weighted by Gasteiger charge is 2.44. The van der Waals surface area contributed by atoms with Gasteiger partial charge < -0.3 is 33.6 Å². The average Bonchev–Trinajstić information content (AvgIpc) is 3.56. The Labute approximate surface area is 226 Å². The number of fused-ring (bicyclic) bond motifs is 2. The molecule has 3 unspecified atom stereocenters. The van der Waals surface area contributed by atoms with Crippen LogP contribution in [0.3, 0.4) is 0 Å². The zero-order valence-corrected chi connectivity index (χ0v) is 22.0. The first-order valence-electron chi connectivity index (χ1n) is 12.8. The SMILES string of the molecule is CCCOc1ccc2c(c1)C(c1ccc(OC)cc1/C=C/C(=O)OC)C(C(=O)[O-])C2c1ccc2c(c1)OCO2. The van der Waals surface area contributed by atoms with Gasteiger partial charge in [-0.3, -0.25) is 0 Å². The summed E-state index contributed by atoms with van der Waals surface area (Å²) in [5, 5.41) is 13.0. The molecule has 1 aliphatic carbocycles. The number of carbonyl (C=O) groups is 2. The van der Waals surface area contributed by atoms with Gasteiger partial charge in [-0.25, -0.2) is 4.79 Å². The van der Waals surface area contributed by atoms with E-state index in [1.165, 1.54) is 13.2 Å². The summed E-state index contributed by atoms with van der Waals surface area (Å²) in [7, 11) is 2.84. The van der Waals surface area contributed by atoms with Gasteiger partial charge >= 0.3 is 5.97 Å². The summed E-state index contributed by atoms with van der Waals surface area (Å²) in [6.07, 6.45) is 3.75. The number of rotatable bonds is 9. The van der Waals surface area contributed by atoms with Crippen molar-refractivity contribution in [2.24, 2.45) is 5.92 Å². The Balaban J connectivity index is 1.71. The minimum atomic E-state index is -1.19. The maximum atomic E-state index is 13.0.